The lowest BCUT2D eigenvalue weighted by atomic mass is 9.93. The number of rotatable bonds is 8. The average molecular weight is 338 g/mol. The number of aliphatic hydroxyl groups excluding tert-OH is 1. The van der Waals surface area contributed by atoms with Gasteiger partial charge in [-0.1, -0.05) is 26.0 Å². The fraction of sp³-hybridized carbons (Fsp3) is 0.684. The second kappa shape index (κ2) is 8.30. The van der Waals surface area contributed by atoms with Gasteiger partial charge >= 0.3 is 0 Å². The van der Waals surface area contributed by atoms with Crippen LogP contribution in [0.15, 0.2) is 24.3 Å². The second-order valence-electron chi connectivity index (χ2n) is 7.07. The monoisotopic (exact) mass is 338 g/mol. The van der Waals surface area contributed by atoms with Gasteiger partial charge in [-0.15, -0.1) is 0 Å². The molecule has 1 heterocycles. The highest BCUT2D eigenvalue weighted by atomic mass is 16.8. The van der Waals surface area contributed by atoms with E-state index in [0.717, 1.165) is 11.3 Å². The van der Waals surface area contributed by atoms with Crippen LogP contribution in [-0.2, 0) is 20.8 Å². The molecule has 0 unspecified atom stereocenters. The molecule has 0 saturated carbocycles. The van der Waals surface area contributed by atoms with E-state index in [-0.39, 0.29) is 30.7 Å². The third kappa shape index (κ3) is 4.93. The van der Waals surface area contributed by atoms with Gasteiger partial charge in [0, 0.05) is 18.4 Å². The summed E-state index contributed by atoms with van der Waals surface area (Å²) in [5, 5.41) is 9.46. The quantitative estimate of drug-likeness (QED) is 0.790. The molecular weight excluding hydrogens is 308 g/mol. The Bertz CT molecular complexity index is 499. The molecule has 0 radical (unpaired) electrons. The summed E-state index contributed by atoms with van der Waals surface area (Å²) < 4.78 is 23.0. The maximum atomic E-state index is 9.46. The van der Waals surface area contributed by atoms with E-state index < -0.39 is 5.79 Å². The summed E-state index contributed by atoms with van der Waals surface area (Å²) in [5.41, 5.74) is 1.10. The van der Waals surface area contributed by atoms with Gasteiger partial charge < -0.3 is 24.1 Å². The van der Waals surface area contributed by atoms with Crippen LogP contribution in [0, 0.1) is 11.8 Å². The van der Waals surface area contributed by atoms with Crippen molar-refractivity contribution in [2.24, 2.45) is 11.8 Å². The SMILES string of the molecule is COc1ccc(COC[C@H](C)[C@@H]2OC(C)(C)O[C@H]2[C@@H](C)CO)cc1. The number of aliphatic hydroxyl groups is 1. The van der Waals surface area contributed by atoms with Crippen molar-refractivity contribution in [3.05, 3.63) is 29.8 Å². The zero-order valence-corrected chi connectivity index (χ0v) is 15.3. The molecule has 0 bridgehead atoms. The van der Waals surface area contributed by atoms with Gasteiger partial charge in [-0.3, -0.25) is 0 Å². The Hall–Kier alpha value is -1.14. The van der Waals surface area contributed by atoms with Crippen molar-refractivity contribution in [3.63, 3.8) is 0 Å². The van der Waals surface area contributed by atoms with Crippen molar-refractivity contribution in [2.75, 3.05) is 20.3 Å². The summed E-state index contributed by atoms with van der Waals surface area (Å²) >= 11 is 0. The molecule has 1 fully saturated rings. The lowest BCUT2D eigenvalue weighted by molar-refractivity contribution is -0.155. The minimum atomic E-state index is -0.622. The fourth-order valence-electron chi connectivity index (χ4n) is 2.98. The Labute approximate surface area is 144 Å². The van der Waals surface area contributed by atoms with Gasteiger partial charge in [-0.2, -0.15) is 0 Å². The third-order valence-electron chi connectivity index (χ3n) is 4.38. The summed E-state index contributed by atoms with van der Waals surface area (Å²) in [6.45, 7) is 9.11. The van der Waals surface area contributed by atoms with Crippen LogP contribution >= 0.6 is 0 Å². The molecule has 24 heavy (non-hydrogen) atoms. The molecule has 1 aliphatic rings. The van der Waals surface area contributed by atoms with Crippen LogP contribution < -0.4 is 4.74 Å². The van der Waals surface area contributed by atoms with Gasteiger partial charge in [0.15, 0.2) is 5.79 Å². The first-order valence-electron chi connectivity index (χ1n) is 8.53. The largest absolute Gasteiger partial charge is 0.497 e. The van der Waals surface area contributed by atoms with Crippen LogP contribution in [0.25, 0.3) is 0 Å². The molecule has 5 nitrogen and oxygen atoms in total. The Morgan fingerprint density at radius 3 is 2.21 bits per heavy atom. The van der Waals surface area contributed by atoms with Gasteiger partial charge in [0.25, 0.3) is 0 Å². The zero-order chi connectivity index (χ0) is 17.7. The predicted octanol–water partition coefficient (Wildman–Crippen LogP) is 3.00. The first-order valence-corrected chi connectivity index (χ1v) is 8.53. The van der Waals surface area contributed by atoms with Crippen LogP contribution in [0.3, 0.4) is 0 Å². The van der Waals surface area contributed by atoms with Crippen LogP contribution in [0.2, 0.25) is 0 Å². The number of hydrogen-bond donors (Lipinski definition) is 1. The van der Waals surface area contributed by atoms with Crippen LogP contribution in [0.4, 0.5) is 0 Å². The summed E-state index contributed by atoms with van der Waals surface area (Å²) in [4.78, 5) is 0. The molecule has 136 valence electrons. The lowest BCUT2D eigenvalue weighted by Gasteiger charge is -2.26. The Kier molecular flexibility index (Phi) is 6.63. The molecule has 5 heteroatoms. The summed E-state index contributed by atoms with van der Waals surface area (Å²) in [6, 6.07) is 7.85. The highest BCUT2D eigenvalue weighted by Crippen LogP contribution is 2.35. The predicted molar refractivity (Wildman–Crippen MR) is 91.9 cm³/mol. The Morgan fingerprint density at radius 2 is 1.67 bits per heavy atom. The molecule has 1 aliphatic heterocycles. The third-order valence-corrected chi connectivity index (χ3v) is 4.38. The smallest absolute Gasteiger partial charge is 0.163 e. The van der Waals surface area contributed by atoms with E-state index >= 15 is 0 Å². The molecule has 0 aliphatic carbocycles. The Balaban J connectivity index is 1.87. The number of ether oxygens (including phenoxy) is 4. The maximum absolute atomic E-state index is 9.46. The van der Waals surface area contributed by atoms with Crippen molar-refractivity contribution in [2.45, 2.75) is 52.3 Å². The minimum absolute atomic E-state index is 0.0285. The highest BCUT2D eigenvalue weighted by Gasteiger charge is 2.45. The summed E-state index contributed by atoms with van der Waals surface area (Å²) in [5.74, 6) is 0.416. The molecule has 2 rings (SSSR count). The zero-order valence-electron chi connectivity index (χ0n) is 15.3. The van der Waals surface area contributed by atoms with Gasteiger partial charge in [-0.25, -0.2) is 0 Å². The van der Waals surface area contributed by atoms with Crippen molar-refractivity contribution < 1.29 is 24.1 Å². The van der Waals surface area contributed by atoms with E-state index in [9.17, 15) is 5.11 Å². The first-order chi connectivity index (χ1) is 11.4. The average Bonchev–Trinajstić information content (AvgIpc) is 2.90. The molecule has 0 amide bonds. The topological polar surface area (TPSA) is 57.2 Å². The number of benzene rings is 1. The van der Waals surface area contributed by atoms with Gasteiger partial charge in [0.05, 0.1) is 32.5 Å². The van der Waals surface area contributed by atoms with E-state index in [1.165, 1.54) is 0 Å². The van der Waals surface area contributed by atoms with E-state index in [0.29, 0.717) is 13.2 Å². The maximum Gasteiger partial charge on any atom is 0.163 e. The number of hydrogen-bond acceptors (Lipinski definition) is 5. The van der Waals surface area contributed by atoms with E-state index in [2.05, 4.69) is 6.92 Å². The van der Waals surface area contributed by atoms with Crippen molar-refractivity contribution in [1.82, 2.24) is 0 Å². The summed E-state index contributed by atoms with van der Waals surface area (Å²) in [6.07, 6.45) is -0.206. The van der Waals surface area contributed by atoms with Gasteiger partial charge in [0.1, 0.15) is 5.75 Å². The standard InChI is InChI=1S/C19H30O5/c1-13(10-20)17-18(24-19(3,4)23-17)14(2)11-22-12-15-6-8-16(21-5)9-7-15/h6-9,13-14,17-18,20H,10-12H2,1-5H3/t13-,14-,17-,18-/m0/s1. The molecule has 0 aromatic heterocycles. The Morgan fingerprint density at radius 1 is 1.08 bits per heavy atom. The molecule has 1 aromatic carbocycles. The summed E-state index contributed by atoms with van der Waals surface area (Å²) in [7, 11) is 1.65. The van der Waals surface area contributed by atoms with Crippen LogP contribution in [0.1, 0.15) is 33.3 Å². The van der Waals surface area contributed by atoms with Crippen molar-refractivity contribution in [1.29, 1.82) is 0 Å². The molecule has 0 spiro atoms. The van der Waals surface area contributed by atoms with Crippen molar-refractivity contribution in [3.8, 4) is 5.75 Å². The molecule has 4 atom stereocenters. The van der Waals surface area contributed by atoms with E-state index in [1.54, 1.807) is 7.11 Å². The van der Waals surface area contributed by atoms with E-state index in [4.69, 9.17) is 18.9 Å². The first kappa shape index (κ1) is 19.2. The van der Waals surface area contributed by atoms with E-state index in [1.807, 2.05) is 45.0 Å². The second-order valence-corrected chi connectivity index (χ2v) is 7.07. The van der Waals surface area contributed by atoms with Gasteiger partial charge in [0.2, 0.25) is 0 Å². The molecule has 1 aromatic rings. The fourth-order valence-corrected chi connectivity index (χ4v) is 2.98. The van der Waals surface area contributed by atoms with Crippen LogP contribution in [0.5, 0.6) is 5.75 Å². The normalized spacial score (nSPS) is 25.4. The van der Waals surface area contributed by atoms with Gasteiger partial charge in [-0.05, 0) is 31.5 Å². The number of methoxy groups -OCH3 is 1. The molecule has 1 saturated heterocycles. The lowest BCUT2D eigenvalue weighted by Crippen LogP contribution is -2.37. The van der Waals surface area contributed by atoms with Crippen LogP contribution in [-0.4, -0.2) is 43.4 Å². The van der Waals surface area contributed by atoms with Crippen molar-refractivity contribution >= 4 is 0 Å². The minimum Gasteiger partial charge on any atom is -0.497 e. The highest BCUT2D eigenvalue weighted by molar-refractivity contribution is 5.26. The molecular formula is C19H30O5. The molecule has 1 N–H and O–H groups in total.